The van der Waals surface area contributed by atoms with Crippen LogP contribution in [-0.4, -0.2) is 35.3 Å². The first-order valence-electron chi connectivity index (χ1n) is 8.16. The molecular weight excluding hydrogens is 326 g/mol. The van der Waals surface area contributed by atoms with Crippen LogP contribution in [0, 0.1) is 0 Å². The second-order valence-corrected chi connectivity index (χ2v) is 5.91. The fraction of sp³-hybridized carbons (Fsp3) is 0.389. The van der Waals surface area contributed by atoms with Crippen LogP contribution >= 0.6 is 12.4 Å². The molecule has 2 aromatic rings. The summed E-state index contributed by atoms with van der Waals surface area (Å²) in [4.78, 5) is 12.6. The summed E-state index contributed by atoms with van der Waals surface area (Å²) < 4.78 is 2.09. The number of nitrogens with zero attached hydrogens (tertiary/aromatic N) is 1. The summed E-state index contributed by atoms with van der Waals surface area (Å²) in [5, 5.41) is 15.2. The van der Waals surface area contributed by atoms with Crippen molar-refractivity contribution < 1.29 is 9.90 Å². The lowest BCUT2D eigenvalue weighted by Gasteiger charge is -2.25. The second kappa shape index (κ2) is 8.87. The Balaban J connectivity index is 0.00000208. The van der Waals surface area contributed by atoms with Crippen LogP contribution in [0.25, 0.3) is 0 Å². The Morgan fingerprint density at radius 3 is 2.58 bits per heavy atom. The predicted octanol–water partition coefficient (Wildman–Crippen LogP) is 2.62. The fourth-order valence-electron chi connectivity index (χ4n) is 3.07. The lowest BCUT2D eigenvalue weighted by atomic mass is 10.1. The lowest BCUT2D eigenvalue weighted by Crippen LogP contribution is -2.31. The van der Waals surface area contributed by atoms with Gasteiger partial charge in [-0.15, -0.1) is 12.4 Å². The van der Waals surface area contributed by atoms with Gasteiger partial charge in [-0.3, -0.25) is 4.79 Å². The summed E-state index contributed by atoms with van der Waals surface area (Å²) in [7, 11) is 0. The number of rotatable bonds is 5. The van der Waals surface area contributed by atoms with Gasteiger partial charge in [0.15, 0.2) is 0 Å². The molecule has 0 spiro atoms. The summed E-state index contributed by atoms with van der Waals surface area (Å²) in [6.45, 7) is 2.13. The molecule has 24 heavy (non-hydrogen) atoms. The topological polar surface area (TPSA) is 66.3 Å². The Morgan fingerprint density at radius 1 is 1.21 bits per heavy atom. The fourth-order valence-corrected chi connectivity index (χ4v) is 3.07. The number of carbonyl (C=O) groups is 1. The Labute approximate surface area is 148 Å². The smallest absolute Gasteiger partial charge is 0.272 e. The van der Waals surface area contributed by atoms with Crippen molar-refractivity contribution in [3.63, 3.8) is 0 Å². The number of halogens is 1. The van der Waals surface area contributed by atoms with Crippen LogP contribution in [0.5, 0.6) is 0 Å². The van der Waals surface area contributed by atoms with Crippen molar-refractivity contribution in [2.75, 3.05) is 25.0 Å². The molecule has 0 atom stereocenters. The summed E-state index contributed by atoms with van der Waals surface area (Å²) in [5.74, 6) is -0.0801. The van der Waals surface area contributed by atoms with Crippen molar-refractivity contribution in [3.05, 3.63) is 53.9 Å². The lowest BCUT2D eigenvalue weighted by molar-refractivity contribution is 0.101. The van der Waals surface area contributed by atoms with E-state index < -0.39 is 0 Å². The highest BCUT2D eigenvalue weighted by molar-refractivity contribution is 6.03. The van der Waals surface area contributed by atoms with Crippen LogP contribution in [0.15, 0.2) is 42.6 Å². The van der Waals surface area contributed by atoms with Crippen molar-refractivity contribution in [1.29, 1.82) is 0 Å². The van der Waals surface area contributed by atoms with Crippen LogP contribution in [0.1, 0.15) is 34.9 Å². The zero-order valence-electron chi connectivity index (χ0n) is 13.6. The highest BCUT2D eigenvalue weighted by Gasteiger charge is 2.19. The molecule has 1 fully saturated rings. The molecule has 1 aromatic heterocycles. The monoisotopic (exact) mass is 349 g/mol. The van der Waals surface area contributed by atoms with Gasteiger partial charge < -0.3 is 20.3 Å². The van der Waals surface area contributed by atoms with Gasteiger partial charge >= 0.3 is 0 Å². The summed E-state index contributed by atoms with van der Waals surface area (Å²) >= 11 is 0. The molecule has 1 aliphatic heterocycles. The number of carbonyl (C=O) groups excluding carboxylic acids is 1. The van der Waals surface area contributed by atoms with Crippen molar-refractivity contribution in [2.24, 2.45) is 0 Å². The number of anilines is 1. The standard InChI is InChI=1S/C18H23N3O2.ClH/c22-13-9-14-3-5-15(6-4-14)20-18(23)17-2-1-12-21(17)16-7-10-19-11-8-16;/h1-6,12,16,19,22H,7-11,13H2,(H,20,23);1H. The molecule has 2 heterocycles. The largest absolute Gasteiger partial charge is 0.396 e. The van der Waals surface area contributed by atoms with Gasteiger partial charge in [0.1, 0.15) is 5.69 Å². The third-order valence-corrected chi connectivity index (χ3v) is 4.33. The first kappa shape index (κ1) is 18.5. The molecule has 3 N–H and O–H groups in total. The molecule has 0 bridgehead atoms. The van der Waals surface area contributed by atoms with Crippen LogP contribution in [0.3, 0.4) is 0 Å². The van der Waals surface area contributed by atoms with E-state index in [0.29, 0.717) is 18.2 Å². The van der Waals surface area contributed by atoms with E-state index in [-0.39, 0.29) is 24.9 Å². The minimum Gasteiger partial charge on any atom is -0.396 e. The van der Waals surface area contributed by atoms with Crippen molar-refractivity contribution in [3.8, 4) is 0 Å². The molecule has 3 rings (SSSR count). The van der Waals surface area contributed by atoms with Gasteiger partial charge in [-0.05, 0) is 62.2 Å². The van der Waals surface area contributed by atoms with E-state index in [1.165, 1.54) is 0 Å². The summed E-state index contributed by atoms with van der Waals surface area (Å²) in [6.07, 6.45) is 4.72. The molecule has 0 saturated carbocycles. The van der Waals surface area contributed by atoms with E-state index in [1.807, 2.05) is 42.6 Å². The molecule has 1 aliphatic rings. The molecule has 1 amide bonds. The first-order chi connectivity index (χ1) is 11.3. The molecule has 1 aromatic carbocycles. The second-order valence-electron chi connectivity index (χ2n) is 5.91. The number of amides is 1. The average molecular weight is 350 g/mol. The average Bonchev–Trinajstić information content (AvgIpc) is 3.07. The van der Waals surface area contributed by atoms with Crippen LogP contribution in [-0.2, 0) is 6.42 Å². The van der Waals surface area contributed by atoms with E-state index >= 15 is 0 Å². The van der Waals surface area contributed by atoms with Crippen LogP contribution in [0.4, 0.5) is 5.69 Å². The number of hydrogen-bond acceptors (Lipinski definition) is 3. The van der Waals surface area contributed by atoms with Gasteiger partial charge in [0.25, 0.3) is 5.91 Å². The van der Waals surface area contributed by atoms with E-state index in [2.05, 4.69) is 15.2 Å². The Kier molecular flexibility index (Phi) is 6.85. The van der Waals surface area contributed by atoms with Crippen molar-refractivity contribution in [1.82, 2.24) is 9.88 Å². The number of piperidine rings is 1. The molecular formula is C18H24ClN3O2. The van der Waals surface area contributed by atoms with Gasteiger partial charge in [0.2, 0.25) is 0 Å². The number of aromatic nitrogens is 1. The summed E-state index contributed by atoms with van der Waals surface area (Å²) in [5.41, 5.74) is 2.54. The normalized spacial score (nSPS) is 14.9. The zero-order valence-corrected chi connectivity index (χ0v) is 14.4. The zero-order chi connectivity index (χ0) is 16.1. The van der Waals surface area contributed by atoms with E-state index in [1.54, 1.807) is 0 Å². The first-order valence-corrected chi connectivity index (χ1v) is 8.16. The maximum absolute atomic E-state index is 12.6. The number of hydrogen-bond donors (Lipinski definition) is 3. The van der Waals surface area contributed by atoms with Crippen molar-refractivity contribution in [2.45, 2.75) is 25.3 Å². The third-order valence-electron chi connectivity index (χ3n) is 4.33. The van der Waals surface area contributed by atoms with Gasteiger partial charge in [-0.2, -0.15) is 0 Å². The minimum absolute atomic E-state index is 0. The highest BCUT2D eigenvalue weighted by atomic mass is 35.5. The minimum atomic E-state index is -0.0801. The maximum Gasteiger partial charge on any atom is 0.272 e. The number of benzene rings is 1. The molecule has 130 valence electrons. The number of aliphatic hydroxyl groups excluding tert-OH is 1. The van der Waals surface area contributed by atoms with E-state index in [0.717, 1.165) is 37.2 Å². The predicted molar refractivity (Wildman–Crippen MR) is 98.0 cm³/mol. The molecule has 0 unspecified atom stereocenters. The van der Waals surface area contributed by atoms with Gasteiger partial charge in [0.05, 0.1) is 0 Å². The summed E-state index contributed by atoms with van der Waals surface area (Å²) in [6, 6.07) is 11.8. The SMILES string of the molecule is Cl.O=C(Nc1ccc(CCO)cc1)c1cccn1C1CCNCC1. The molecule has 0 radical (unpaired) electrons. The molecule has 6 heteroatoms. The number of nitrogens with one attached hydrogen (secondary N) is 2. The molecule has 1 saturated heterocycles. The van der Waals surface area contributed by atoms with Gasteiger partial charge in [-0.25, -0.2) is 0 Å². The quantitative estimate of drug-likeness (QED) is 0.777. The van der Waals surface area contributed by atoms with Crippen molar-refractivity contribution >= 4 is 24.0 Å². The van der Waals surface area contributed by atoms with Crippen LogP contribution in [0.2, 0.25) is 0 Å². The third kappa shape index (κ3) is 4.38. The Hall–Kier alpha value is -1.82. The molecule has 0 aliphatic carbocycles. The van der Waals surface area contributed by atoms with E-state index in [4.69, 9.17) is 5.11 Å². The highest BCUT2D eigenvalue weighted by Crippen LogP contribution is 2.22. The maximum atomic E-state index is 12.6. The Bertz CT molecular complexity index is 649. The van der Waals surface area contributed by atoms with E-state index in [9.17, 15) is 4.79 Å². The molecule has 5 nitrogen and oxygen atoms in total. The van der Waals surface area contributed by atoms with Crippen LogP contribution < -0.4 is 10.6 Å². The van der Waals surface area contributed by atoms with Gasteiger partial charge in [0, 0.05) is 24.5 Å². The van der Waals surface area contributed by atoms with Gasteiger partial charge in [-0.1, -0.05) is 12.1 Å². The number of aliphatic hydroxyl groups is 1. The Morgan fingerprint density at radius 2 is 1.92 bits per heavy atom.